The van der Waals surface area contributed by atoms with Crippen LogP contribution in [0.5, 0.6) is 0 Å². The van der Waals surface area contributed by atoms with E-state index in [9.17, 15) is 0 Å². The number of hydrogen-bond donors (Lipinski definition) is 0. The Morgan fingerprint density at radius 2 is 1.08 bits per heavy atom. The van der Waals surface area contributed by atoms with Crippen LogP contribution in [0.4, 0.5) is 0 Å². The Balaban J connectivity index is 1.47. The van der Waals surface area contributed by atoms with Gasteiger partial charge in [-0.3, -0.25) is 0 Å². The minimum atomic E-state index is -1.20. The minimum absolute atomic E-state index is 0.691. The topological polar surface area (TPSA) is 27.7 Å². The van der Waals surface area contributed by atoms with E-state index in [0.717, 1.165) is 38.5 Å². The molecular weight excluding hydrogens is 331 g/mol. The van der Waals surface area contributed by atoms with E-state index in [0.29, 0.717) is 13.2 Å². The van der Waals surface area contributed by atoms with Gasteiger partial charge >= 0.3 is 8.60 Å². The maximum Gasteiger partial charge on any atom is 0.332 e. The van der Waals surface area contributed by atoms with Gasteiger partial charge in [0.2, 0.25) is 0 Å². The molecule has 2 aromatic rings. The second-order valence-electron chi connectivity index (χ2n) is 5.96. The molecule has 0 unspecified atom stereocenters. The van der Waals surface area contributed by atoms with Crippen molar-refractivity contribution < 1.29 is 13.6 Å². The number of aryl methyl sites for hydroxylation is 2. The highest BCUT2D eigenvalue weighted by atomic mass is 31.2. The molecule has 0 aliphatic carbocycles. The smallest absolute Gasteiger partial charge is 0.316 e. The van der Waals surface area contributed by atoms with Crippen molar-refractivity contribution in [2.45, 2.75) is 38.5 Å². The van der Waals surface area contributed by atoms with Gasteiger partial charge in [0.05, 0.1) is 13.2 Å². The zero-order valence-corrected chi connectivity index (χ0v) is 16.0. The largest absolute Gasteiger partial charge is 0.332 e. The Bertz CT molecular complexity index is 498. The van der Waals surface area contributed by atoms with Gasteiger partial charge in [-0.25, -0.2) is 0 Å². The average Bonchev–Trinajstić information content (AvgIpc) is 2.67. The van der Waals surface area contributed by atoms with Crippen LogP contribution in [0.15, 0.2) is 60.7 Å². The van der Waals surface area contributed by atoms with Crippen LogP contribution in [0.3, 0.4) is 0 Å². The lowest BCUT2D eigenvalue weighted by atomic mass is 10.1. The van der Waals surface area contributed by atoms with Crippen molar-refractivity contribution in [1.29, 1.82) is 0 Å². The summed E-state index contributed by atoms with van der Waals surface area (Å²) in [6, 6.07) is 21.1. The molecule has 0 aromatic heterocycles. The van der Waals surface area contributed by atoms with Crippen LogP contribution in [0.1, 0.15) is 36.8 Å². The quantitative estimate of drug-likeness (QED) is 0.327. The fourth-order valence-electron chi connectivity index (χ4n) is 2.57. The molecule has 25 heavy (non-hydrogen) atoms. The Morgan fingerprint density at radius 3 is 1.48 bits per heavy atom. The summed E-state index contributed by atoms with van der Waals surface area (Å²) in [6.07, 6.45) is 6.47. The SMILES string of the molecule is COP(OCCCCc1ccccc1)OCCCCc1ccccc1. The predicted octanol–water partition coefficient (Wildman–Crippen LogP) is 5.94. The second-order valence-corrected chi connectivity index (χ2v) is 7.29. The Hall–Kier alpha value is -1.25. The molecule has 0 aliphatic heterocycles. The number of hydrogen-bond acceptors (Lipinski definition) is 3. The van der Waals surface area contributed by atoms with Crippen LogP contribution in [-0.2, 0) is 26.4 Å². The highest BCUT2D eigenvalue weighted by Gasteiger charge is 2.09. The van der Waals surface area contributed by atoms with E-state index in [4.69, 9.17) is 13.6 Å². The Morgan fingerprint density at radius 1 is 0.640 bits per heavy atom. The summed E-state index contributed by atoms with van der Waals surface area (Å²) in [7, 11) is 0.452. The highest BCUT2D eigenvalue weighted by molar-refractivity contribution is 7.41. The molecule has 3 nitrogen and oxygen atoms in total. The van der Waals surface area contributed by atoms with E-state index in [1.165, 1.54) is 11.1 Å². The third-order valence-corrected chi connectivity index (χ3v) is 5.03. The fourth-order valence-corrected chi connectivity index (χ4v) is 3.41. The molecule has 0 atom stereocenters. The third kappa shape index (κ3) is 9.13. The zero-order valence-electron chi connectivity index (χ0n) is 15.1. The van der Waals surface area contributed by atoms with Crippen molar-refractivity contribution in [1.82, 2.24) is 0 Å². The normalized spacial score (nSPS) is 11.1. The lowest BCUT2D eigenvalue weighted by Gasteiger charge is -2.14. The molecule has 2 aromatic carbocycles. The molecule has 0 N–H and O–H groups in total. The third-order valence-electron chi connectivity index (χ3n) is 3.95. The van der Waals surface area contributed by atoms with E-state index >= 15 is 0 Å². The van der Waals surface area contributed by atoms with Gasteiger partial charge in [0.1, 0.15) is 0 Å². The van der Waals surface area contributed by atoms with E-state index in [2.05, 4.69) is 60.7 Å². The van der Waals surface area contributed by atoms with Crippen LogP contribution < -0.4 is 0 Å². The van der Waals surface area contributed by atoms with E-state index in [1.54, 1.807) is 7.11 Å². The highest BCUT2D eigenvalue weighted by Crippen LogP contribution is 2.38. The lowest BCUT2D eigenvalue weighted by molar-refractivity contribution is 0.176. The monoisotopic (exact) mass is 360 g/mol. The maximum absolute atomic E-state index is 5.71. The molecule has 0 heterocycles. The van der Waals surface area contributed by atoms with Crippen molar-refractivity contribution in [2.75, 3.05) is 20.3 Å². The molecule has 136 valence electrons. The molecule has 0 bridgehead atoms. The number of benzene rings is 2. The summed E-state index contributed by atoms with van der Waals surface area (Å²) < 4.78 is 16.7. The number of unbranched alkanes of at least 4 members (excludes halogenated alkanes) is 2. The first kappa shape index (κ1) is 20.1. The Kier molecular flexibility index (Phi) is 10.5. The van der Waals surface area contributed by atoms with Crippen LogP contribution >= 0.6 is 8.60 Å². The van der Waals surface area contributed by atoms with Crippen LogP contribution in [0, 0.1) is 0 Å². The predicted molar refractivity (Wildman–Crippen MR) is 105 cm³/mol. The first-order chi connectivity index (χ1) is 12.4. The average molecular weight is 360 g/mol. The molecule has 0 radical (unpaired) electrons. The van der Waals surface area contributed by atoms with Crippen LogP contribution in [-0.4, -0.2) is 20.3 Å². The molecule has 0 saturated carbocycles. The zero-order chi connectivity index (χ0) is 17.6. The molecule has 0 spiro atoms. The van der Waals surface area contributed by atoms with Crippen molar-refractivity contribution in [3.63, 3.8) is 0 Å². The summed E-state index contributed by atoms with van der Waals surface area (Å²) in [4.78, 5) is 0. The summed E-state index contributed by atoms with van der Waals surface area (Å²) >= 11 is 0. The summed E-state index contributed by atoms with van der Waals surface area (Å²) in [6.45, 7) is 1.38. The van der Waals surface area contributed by atoms with Crippen molar-refractivity contribution in [3.05, 3.63) is 71.8 Å². The fraction of sp³-hybridized carbons (Fsp3) is 0.429. The van der Waals surface area contributed by atoms with Gasteiger partial charge in [-0.1, -0.05) is 60.7 Å². The summed E-state index contributed by atoms with van der Waals surface area (Å²) in [5.41, 5.74) is 2.76. The van der Waals surface area contributed by atoms with E-state index < -0.39 is 8.60 Å². The van der Waals surface area contributed by atoms with Crippen molar-refractivity contribution in [3.8, 4) is 0 Å². The van der Waals surface area contributed by atoms with Crippen molar-refractivity contribution >= 4 is 8.60 Å². The molecule has 0 aliphatic rings. The molecule has 2 rings (SSSR count). The second kappa shape index (κ2) is 13.0. The number of rotatable bonds is 13. The first-order valence-corrected chi connectivity index (χ1v) is 10.2. The van der Waals surface area contributed by atoms with Gasteiger partial charge in [-0.2, -0.15) is 0 Å². The van der Waals surface area contributed by atoms with Gasteiger partial charge in [0.15, 0.2) is 0 Å². The molecule has 0 amide bonds. The van der Waals surface area contributed by atoms with E-state index in [-0.39, 0.29) is 0 Å². The van der Waals surface area contributed by atoms with Crippen LogP contribution in [0.25, 0.3) is 0 Å². The molecule has 0 fully saturated rings. The lowest BCUT2D eigenvalue weighted by Crippen LogP contribution is -1.98. The van der Waals surface area contributed by atoms with Gasteiger partial charge in [-0.05, 0) is 49.7 Å². The summed E-state index contributed by atoms with van der Waals surface area (Å²) in [5.74, 6) is 0. The first-order valence-electron chi connectivity index (χ1n) is 9.06. The van der Waals surface area contributed by atoms with Gasteiger partial charge < -0.3 is 13.6 Å². The van der Waals surface area contributed by atoms with E-state index in [1.807, 2.05) is 0 Å². The van der Waals surface area contributed by atoms with Gasteiger partial charge in [0, 0.05) is 7.11 Å². The molecule has 0 saturated heterocycles. The molecular formula is C21H29O3P. The van der Waals surface area contributed by atoms with Crippen molar-refractivity contribution in [2.24, 2.45) is 0 Å². The van der Waals surface area contributed by atoms with Gasteiger partial charge in [0.25, 0.3) is 0 Å². The van der Waals surface area contributed by atoms with Gasteiger partial charge in [-0.15, -0.1) is 0 Å². The minimum Gasteiger partial charge on any atom is -0.316 e. The Labute approximate surface area is 153 Å². The maximum atomic E-state index is 5.71. The molecule has 4 heteroatoms. The van der Waals surface area contributed by atoms with Crippen LogP contribution in [0.2, 0.25) is 0 Å². The standard InChI is InChI=1S/C21H29O3P/c1-22-25(23-18-10-8-16-20-12-4-2-5-13-20)24-19-11-9-17-21-14-6-3-7-15-21/h2-7,12-15H,8-11,16-19H2,1H3. The summed E-state index contributed by atoms with van der Waals surface area (Å²) in [5, 5.41) is 0.